The smallest absolute Gasteiger partial charge is 0.244 e. The van der Waals surface area contributed by atoms with Crippen molar-refractivity contribution < 1.29 is 23.1 Å². The summed E-state index contributed by atoms with van der Waals surface area (Å²) in [5.74, 6) is -1.28. The Morgan fingerprint density at radius 2 is 1.95 bits per heavy atom. The van der Waals surface area contributed by atoms with Gasteiger partial charge in [0.15, 0.2) is 0 Å². The lowest BCUT2D eigenvalue weighted by atomic mass is 10.3. The number of thioether (sulfide) groups is 1. The van der Waals surface area contributed by atoms with Crippen molar-refractivity contribution in [1.82, 2.24) is 4.31 Å². The number of sulfonamides is 1. The SMILES string of the molecule is CC(=O)Nc1ccc(S(=O)(=O)N2CCSC2C(=O)[O-])cc1. The van der Waals surface area contributed by atoms with Gasteiger partial charge in [0.25, 0.3) is 0 Å². The summed E-state index contributed by atoms with van der Waals surface area (Å²) in [5, 5.41) is 12.3. The van der Waals surface area contributed by atoms with Gasteiger partial charge in [-0.05, 0) is 24.3 Å². The van der Waals surface area contributed by atoms with Crippen LogP contribution in [0.1, 0.15) is 6.92 Å². The number of carbonyl (C=O) groups is 2. The molecule has 1 N–H and O–H groups in total. The predicted molar refractivity (Wildman–Crippen MR) is 75.9 cm³/mol. The fourth-order valence-electron chi connectivity index (χ4n) is 1.94. The summed E-state index contributed by atoms with van der Waals surface area (Å²) in [6, 6.07) is 5.56. The van der Waals surface area contributed by atoms with E-state index >= 15 is 0 Å². The maximum atomic E-state index is 12.4. The lowest BCUT2D eigenvalue weighted by Gasteiger charge is -2.23. The number of aliphatic carboxylic acids is 1. The van der Waals surface area contributed by atoms with Gasteiger partial charge in [-0.3, -0.25) is 4.79 Å². The Hall–Kier alpha value is -1.58. The lowest BCUT2D eigenvalue weighted by molar-refractivity contribution is -0.306. The third kappa shape index (κ3) is 3.36. The molecule has 1 aromatic rings. The van der Waals surface area contributed by atoms with Crippen LogP contribution in [0.5, 0.6) is 0 Å². The Balaban J connectivity index is 2.27. The van der Waals surface area contributed by atoms with E-state index in [0.717, 1.165) is 16.1 Å². The molecule has 0 aromatic heterocycles. The zero-order chi connectivity index (χ0) is 15.6. The molecule has 0 radical (unpaired) electrons. The first-order valence-corrected chi connectivity index (χ1v) is 8.53. The summed E-state index contributed by atoms with van der Waals surface area (Å²) < 4.78 is 25.8. The molecule has 1 aromatic carbocycles. The number of amides is 1. The second-order valence-corrected chi connectivity index (χ2v) is 7.44. The zero-order valence-corrected chi connectivity index (χ0v) is 12.7. The molecule has 1 fully saturated rings. The average molecular weight is 329 g/mol. The van der Waals surface area contributed by atoms with Crippen LogP contribution in [0.25, 0.3) is 0 Å². The molecule has 1 heterocycles. The highest BCUT2D eigenvalue weighted by atomic mass is 32.2. The van der Waals surface area contributed by atoms with Crippen LogP contribution in [0.3, 0.4) is 0 Å². The second-order valence-electron chi connectivity index (χ2n) is 4.36. The molecule has 1 atom stereocenters. The number of hydrogen-bond acceptors (Lipinski definition) is 6. The molecule has 1 aliphatic rings. The molecule has 21 heavy (non-hydrogen) atoms. The topological polar surface area (TPSA) is 107 Å². The van der Waals surface area contributed by atoms with Crippen molar-refractivity contribution in [3.8, 4) is 0 Å². The van der Waals surface area contributed by atoms with E-state index in [4.69, 9.17) is 0 Å². The molecule has 114 valence electrons. The summed E-state index contributed by atoms with van der Waals surface area (Å²) in [4.78, 5) is 21.9. The van der Waals surface area contributed by atoms with E-state index in [0.29, 0.717) is 11.4 Å². The highest BCUT2D eigenvalue weighted by Gasteiger charge is 2.36. The first-order valence-electron chi connectivity index (χ1n) is 6.04. The van der Waals surface area contributed by atoms with Crippen LogP contribution in [-0.2, 0) is 19.6 Å². The van der Waals surface area contributed by atoms with Gasteiger partial charge in [0.05, 0.1) is 10.9 Å². The molecule has 9 heteroatoms. The summed E-state index contributed by atoms with van der Waals surface area (Å²) in [5.41, 5.74) is 0.466. The highest BCUT2D eigenvalue weighted by Crippen LogP contribution is 2.30. The molecule has 1 aliphatic heterocycles. The van der Waals surface area contributed by atoms with Crippen LogP contribution in [0.2, 0.25) is 0 Å². The van der Waals surface area contributed by atoms with Gasteiger partial charge in [0.2, 0.25) is 15.9 Å². The molecule has 1 amide bonds. The van der Waals surface area contributed by atoms with Crippen molar-refractivity contribution >= 4 is 39.3 Å². The molecule has 1 saturated heterocycles. The van der Waals surface area contributed by atoms with Gasteiger partial charge in [-0.15, -0.1) is 11.8 Å². The zero-order valence-electron chi connectivity index (χ0n) is 11.1. The van der Waals surface area contributed by atoms with Gasteiger partial charge in [0, 0.05) is 24.9 Å². The summed E-state index contributed by atoms with van der Waals surface area (Å²) >= 11 is 1.02. The van der Waals surface area contributed by atoms with Crippen molar-refractivity contribution in [2.24, 2.45) is 0 Å². The number of anilines is 1. The predicted octanol–water partition coefficient (Wildman–Crippen LogP) is -0.541. The monoisotopic (exact) mass is 329 g/mol. The van der Waals surface area contributed by atoms with Crippen LogP contribution in [-0.4, -0.2) is 42.3 Å². The van der Waals surface area contributed by atoms with Crippen molar-refractivity contribution in [3.63, 3.8) is 0 Å². The Morgan fingerprint density at radius 3 is 2.48 bits per heavy atom. The normalized spacial score (nSPS) is 19.4. The molecule has 1 unspecified atom stereocenters. The first-order chi connectivity index (χ1) is 9.82. The Kier molecular flexibility index (Phi) is 4.55. The van der Waals surface area contributed by atoms with Crippen LogP contribution >= 0.6 is 11.8 Å². The van der Waals surface area contributed by atoms with Crippen LogP contribution in [0.15, 0.2) is 29.2 Å². The number of carbonyl (C=O) groups excluding carboxylic acids is 2. The molecule has 0 aliphatic carbocycles. The van der Waals surface area contributed by atoms with E-state index in [-0.39, 0.29) is 17.3 Å². The minimum Gasteiger partial charge on any atom is -0.547 e. The third-order valence-corrected chi connectivity index (χ3v) is 6.02. The van der Waals surface area contributed by atoms with E-state index in [1.165, 1.54) is 31.2 Å². The number of nitrogens with one attached hydrogen (secondary N) is 1. The molecule has 7 nitrogen and oxygen atoms in total. The molecular weight excluding hydrogens is 316 g/mol. The van der Waals surface area contributed by atoms with Crippen LogP contribution < -0.4 is 10.4 Å². The third-order valence-electron chi connectivity index (χ3n) is 2.83. The van der Waals surface area contributed by atoms with E-state index in [2.05, 4.69) is 5.32 Å². The van der Waals surface area contributed by atoms with Crippen molar-refractivity contribution in [2.75, 3.05) is 17.6 Å². The Labute approximate surface area is 126 Å². The fourth-order valence-corrected chi connectivity index (χ4v) is 4.93. The van der Waals surface area contributed by atoms with E-state index < -0.39 is 21.4 Å². The molecule has 2 rings (SSSR count). The van der Waals surface area contributed by atoms with Gasteiger partial charge < -0.3 is 15.2 Å². The number of hydrogen-bond donors (Lipinski definition) is 1. The van der Waals surface area contributed by atoms with Gasteiger partial charge in [-0.25, -0.2) is 8.42 Å². The van der Waals surface area contributed by atoms with Crippen LogP contribution in [0.4, 0.5) is 5.69 Å². The Bertz CT molecular complexity index is 657. The quantitative estimate of drug-likeness (QED) is 0.795. The molecule has 0 bridgehead atoms. The van der Waals surface area contributed by atoms with Crippen LogP contribution in [0, 0.1) is 0 Å². The van der Waals surface area contributed by atoms with E-state index in [1.54, 1.807) is 0 Å². The van der Waals surface area contributed by atoms with E-state index in [1.807, 2.05) is 0 Å². The van der Waals surface area contributed by atoms with Crippen molar-refractivity contribution in [1.29, 1.82) is 0 Å². The second kappa shape index (κ2) is 6.04. The average Bonchev–Trinajstić information content (AvgIpc) is 2.88. The van der Waals surface area contributed by atoms with Gasteiger partial charge in [-0.1, -0.05) is 0 Å². The summed E-state index contributed by atoms with van der Waals surface area (Å²) in [6.07, 6.45) is 0. The summed E-state index contributed by atoms with van der Waals surface area (Å²) in [6.45, 7) is 1.47. The molecular formula is C12H13N2O5S2-. The Morgan fingerprint density at radius 1 is 1.33 bits per heavy atom. The highest BCUT2D eigenvalue weighted by molar-refractivity contribution is 8.02. The van der Waals surface area contributed by atoms with E-state index in [9.17, 15) is 23.1 Å². The fraction of sp³-hybridized carbons (Fsp3) is 0.333. The lowest BCUT2D eigenvalue weighted by Crippen LogP contribution is -2.45. The first kappa shape index (κ1) is 15.8. The van der Waals surface area contributed by atoms with Crippen molar-refractivity contribution in [3.05, 3.63) is 24.3 Å². The largest absolute Gasteiger partial charge is 0.547 e. The van der Waals surface area contributed by atoms with Gasteiger partial charge in [-0.2, -0.15) is 4.31 Å². The summed E-state index contributed by atoms with van der Waals surface area (Å²) in [7, 11) is -3.90. The molecule has 0 spiro atoms. The molecule has 0 saturated carbocycles. The standard InChI is InChI=1S/C12H14N2O5S2/c1-8(15)13-9-2-4-10(5-3-9)21(18,19)14-6-7-20-11(14)12(16)17/h2-5,11H,6-7H2,1H3,(H,13,15)(H,16,17)/p-1. The minimum atomic E-state index is -3.90. The van der Waals surface area contributed by atoms with Gasteiger partial charge >= 0.3 is 0 Å². The number of carboxylic acid groups (broad SMARTS) is 1. The maximum absolute atomic E-state index is 12.4. The number of carboxylic acids is 1. The van der Waals surface area contributed by atoms with Gasteiger partial charge in [0.1, 0.15) is 5.37 Å². The number of nitrogens with zero attached hydrogens (tertiary/aromatic N) is 1. The minimum absolute atomic E-state index is 0.0228. The number of rotatable bonds is 4. The maximum Gasteiger partial charge on any atom is 0.244 e. The number of benzene rings is 1. The van der Waals surface area contributed by atoms with Crippen molar-refractivity contribution in [2.45, 2.75) is 17.2 Å².